The number of ether oxygens (including phenoxy) is 1. The number of para-hydroxylation sites is 1. The van der Waals surface area contributed by atoms with E-state index in [2.05, 4.69) is 6.92 Å². The molecule has 3 nitrogen and oxygen atoms in total. The molecule has 1 rings (SSSR count). The van der Waals surface area contributed by atoms with E-state index in [1.54, 1.807) is 18.2 Å². The van der Waals surface area contributed by atoms with Crippen molar-refractivity contribution in [2.45, 2.75) is 13.3 Å². The molecule has 0 spiro atoms. The third-order valence-corrected chi connectivity index (χ3v) is 3.46. The second kappa shape index (κ2) is 7.45. The van der Waals surface area contributed by atoms with Crippen molar-refractivity contribution in [3.63, 3.8) is 0 Å². The van der Waals surface area contributed by atoms with Crippen LogP contribution in [0.4, 0.5) is 5.69 Å². The Morgan fingerprint density at radius 2 is 2.29 bits per heavy atom. The van der Waals surface area contributed by atoms with Gasteiger partial charge in [0, 0.05) is 0 Å². The van der Waals surface area contributed by atoms with Crippen LogP contribution in [0.2, 0.25) is 5.02 Å². The normalized spacial score (nSPS) is 10.2. The minimum absolute atomic E-state index is 0.280. The van der Waals surface area contributed by atoms with E-state index in [9.17, 15) is 4.79 Å². The summed E-state index contributed by atoms with van der Waals surface area (Å²) in [7, 11) is 0. The molecule has 0 aromatic heterocycles. The van der Waals surface area contributed by atoms with Gasteiger partial charge in [-0.1, -0.05) is 24.6 Å². The van der Waals surface area contributed by atoms with Crippen molar-refractivity contribution in [1.82, 2.24) is 0 Å². The van der Waals surface area contributed by atoms with Gasteiger partial charge in [-0.05, 0) is 30.1 Å². The highest BCUT2D eigenvalue weighted by Gasteiger charge is 2.12. The summed E-state index contributed by atoms with van der Waals surface area (Å²) in [6.45, 7) is 2.52. The molecule has 1 aromatic carbocycles. The van der Waals surface area contributed by atoms with Gasteiger partial charge in [0.2, 0.25) is 0 Å². The number of hydrogen-bond acceptors (Lipinski definition) is 4. The van der Waals surface area contributed by atoms with Gasteiger partial charge in [0.05, 0.1) is 22.9 Å². The monoisotopic (exact) mass is 273 g/mol. The molecule has 0 saturated carbocycles. The van der Waals surface area contributed by atoms with Crippen molar-refractivity contribution in [1.29, 1.82) is 0 Å². The summed E-state index contributed by atoms with van der Waals surface area (Å²) < 4.78 is 5.12. The van der Waals surface area contributed by atoms with Gasteiger partial charge >= 0.3 is 5.97 Å². The Morgan fingerprint density at radius 3 is 3.00 bits per heavy atom. The Morgan fingerprint density at radius 1 is 1.53 bits per heavy atom. The predicted octanol–water partition coefficient (Wildman–Crippen LogP) is 3.22. The van der Waals surface area contributed by atoms with E-state index in [0.717, 1.165) is 17.9 Å². The fourth-order valence-electron chi connectivity index (χ4n) is 1.26. The van der Waals surface area contributed by atoms with Crippen molar-refractivity contribution in [3.05, 3.63) is 28.8 Å². The molecule has 0 fully saturated rings. The maximum atomic E-state index is 11.7. The summed E-state index contributed by atoms with van der Waals surface area (Å²) in [4.78, 5) is 11.7. The molecule has 2 N–H and O–H groups in total. The van der Waals surface area contributed by atoms with E-state index in [4.69, 9.17) is 22.1 Å². The van der Waals surface area contributed by atoms with Crippen LogP contribution in [0, 0.1) is 0 Å². The first-order valence-electron chi connectivity index (χ1n) is 5.45. The van der Waals surface area contributed by atoms with Crippen LogP contribution in [0.3, 0.4) is 0 Å². The van der Waals surface area contributed by atoms with Crippen LogP contribution in [-0.4, -0.2) is 24.1 Å². The van der Waals surface area contributed by atoms with Crippen LogP contribution < -0.4 is 5.73 Å². The van der Waals surface area contributed by atoms with Gasteiger partial charge in [-0.2, -0.15) is 11.8 Å². The highest BCUT2D eigenvalue weighted by atomic mass is 35.5. The first-order valence-corrected chi connectivity index (χ1v) is 6.99. The standard InChI is InChI=1S/C12H16ClNO2S/c1-2-17-8-4-7-16-12(15)9-5-3-6-10(13)11(9)14/h3,5-6H,2,4,7-8,14H2,1H3. The summed E-state index contributed by atoms with van der Waals surface area (Å²) >= 11 is 7.65. The first-order chi connectivity index (χ1) is 8.16. The molecule has 0 aliphatic rings. The Bertz CT molecular complexity index is 385. The number of nitrogens with two attached hydrogens (primary N) is 1. The van der Waals surface area contributed by atoms with Gasteiger partial charge in [-0.15, -0.1) is 0 Å². The Labute approximate surface area is 111 Å². The Hall–Kier alpha value is -0.870. The average molecular weight is 274 g/mol. The first kappa shape index (κ1) is 14.2. The van der Waals surface area contributed by atoms with Gasteiger partial charge in [0.15, 0.2) is 0 Å². The van der Waals surface area contributed by atoms with Crippen molar-refractivity contribution in [3.8, 4) is 0 Å². The lowest BCUT2D eigenvalue weighted by molar-refractivity contribution is 0.0507. The van der Waals surface area contributed by atoms with E-state index in [1.807, 2.05) is 11.8 Å². The van der Waals surface area contributed by atoms with Gasteiger partial charge in [0.25, 0.3) is 0 Å². The topological polar surface area (TPSA) is 52.3 Å². The Balaban J connectivity index is 2.44. The zero-order valence-corrected chi connectivity index (χ0v) is 11.3. The maximum absolute atomic E-state index is 11.7. The molecule has 0 saturated heterocycles. The lowest BCUT2D eigenvalue weighted by Crippen LogP contribution is -2.09. The number of anilines is 1. The van der Waals surface area contributed by atoms with E-state index in [-0.39, 0.29) is 5.69 Å². The molecule has 0 radical (unpaired) electrons. The van der Waals surface area contributed by atoms with Crippen molar-refractivity contribution in [2.75, 3.05) is 23.8 Å². The number of carbonyl (C=O) groups is 1. The number of halogens is 1. The fourth-order valence-corrected chi connectivity index (χ4v) is 2.05. The van der Waals surface area contributed by atoms with Crippen LogP contribution in [-0.2, 0) is 4.74 Å². The van der Waals surface area contributed by atoms with Gasteiger partial charge in [-0.25, -0.2) is 4.79 Å². The minimum Gasteiger partial charge on any atom is -0.462 e. The smallest absolute Gasteiger partial charge is 0.340 e. The molecule has 0 heterocycles. The van der Waals surface area contributed by atoms with E-state index in [1.165, 1.54) is 0 Å². The molecule has 0 aliphatic carbocycles. The van der Waals surface area contributed by atoms with Crippen LogP contribution in [0.25, 0.3) is 0 Å². The quantitative estimate of drug-likeness (QED) is 0.491. The zero-order chi connectivity index (χ0) is 12.7. The largest absolute Gasteiger partial charge is 0.462 e. The fraction of sp³-hybridized carbons (Fsp3) is 0.417. The second-order valence-corrected chi connectivity index (χ2v) is 5.19. The number of hydrogen-bond donors (Lipinski definition) is 1. The SMILES string of the molecule is CCSCCCOC(=O)c1cccc(Cl)c1N. The number of carbonyl (C=O) groups excluding carboxylic acids is 1. The highest BCUT2D eigenvalue weighted by molar-refractivity contribution is 7.99. The molecule has 0 aliphatic heterocycles. The third-order valence-electron chi connectivity index (χ3n) is 2.14. The minimum atomic E-state index is -0.411. The van der Waals surface area contributed by atoms with Crippen LogP contribution >= 0.6 is 23.4 Å². The van der Waals surface area contributed by atoms with Crippen LogP contribution in [0.5, 0.6) is 0 Å². The molecule has 0 atom stereocenters. The molecule has 5 heteroatoms. The van der Waals surface area contributed by atoms with Gasteiger partial charge < -0.3 is 10.5 Å². The molecule has 94 valence electrons. The molecule has 0 amide bonds. The molecular formula is C12H16ClNO2S. The summed E-state index contributed by atoms with van der Waals surface area (Å²) in [5.41, 5.74) is 6.31. The van der Waals surface area contributed by atoms with Gasteiger partial charge in [0.1, 0.15) is 0 Å². The van der Waals surface area contributed by atoms with Crippen molar-refractivity contribution >= 4 is 35.0 Å². The molecule has 1 aromatic rings. The lowest BCUT2D eigenvalue weighted by atomic mass is 10.2. The summed E-state index contributed by atoms with van der Waals surface area (Å²) in [6.07, 6.45) is 0.852. The molecule has 0 bridgehead atoms. The van der Waals surface area contributed by atoms with Crippen LogP contribution in [0.15, 0.2) is 18.2 Å². The predicted molar refractivity (Wildman–Crippen MR) is 73.8 cm³/mol. The second-order valence-electron chi connectivity index (χ2n) is 3.39. The highest BCUT2D eigenvalue weighted by Crippen LogP contribution is 2.22. The Kier molecular flexibility index (Phi) is 6.22. The van der Waals surface area contributed by atoms with Crippen molar-refractivity contribution < 1.29 is 9.53 Å². The number of benzene rings is 1. The van der Waals surface area contributed by atoms with E-state index < -0.39 is 5.97 Å². The zero-order valence-electron chi connectivity index (χ0n) is 9.74. The number of esters is 1. The summed E-state index contributed by atoms with van der Waals surface area (Å²) in [6, 6.07) is 4.94. The summed E-state index contributed by atoms with van der Waals surface area (Å²) in [5, 5.41) is 0.376. The lowest BCUT2D eigenvalue weighted by Gasteiger charge is -2.07. The molecule has 0 unspecified atom stereocenters. The van der Waals surface area contributed by atoms with Crippen LogP contribution in [0.1, 0.15) is 23.7 Å². The van der Waals surface area contributed by atoms with Crippen molar-refractivity contribution in [2.24, 2.45) is 0 Å². The summed E-state index contributed by atoms with van der Waals surface area (Å²) in [5.74, 6) is 1.66. The van der Waals surface area contributed by atoms with Gasteiger partial charge in [-0.3, -0.25) is 0 Å². The third kappa shape index (κ3) is 4.48. The van der Waals surface area contributed by atoms with E-state index >= 15 is 0 Å². The molecular weight excluding hydrogens is 258 g/mol. The van der Waals surface area contributed by atoms with E-state index in [0.29, 0.717) is 17.2 Å². The molecule has 17 heavy (non-hydrogen) atoms. The number of thioether (sulfide) groups is 1. The average Bonchev–Trinajstić information content (AvgIpc) is 2.32. The maximum Gasteiger partial charge on any atom is 0.340 e. The number of nitrogen functional groups attached to an aromatic ring is 1. The number of rotatable bonds is 6.